The zero-order valence-electron chi connectivity index (χ0n) is 12.5. The van der Waals surface area contributed by atoms with Gasteiger partial charge >= 0.3 is 0 Å². The van der Waals surface area contributed by atoms with Gasteiger partial charge in [-0.15, -0.1) is 0 Å². The number of hydrogen-bond donors (Lipinski definition) is 2. The fourth-order valence-corrected chi connectivity index (χ4v) is 2.58. The number of rotatable bonds is 8. The van der Waals surface area contributed by atoms with E-state index >= 15 is 0 Å². The minimum atomic E-state index is 0.954. The molecule has 1 fully saturated rings. The van der Waals surface area contributed by atoms with E-state index in [0.717, 1.165) is 25.4 Å². The molecule has 2 aromatic carbocycles. The third-order valence-corrected chi connectivity index (χ3v) is 4.00. The van der Waals surface area contributed by atoms with Crippen molar-refractivity contribution in [2.45, 2.75) is 19.3 Å². The summed E-state index contributed by atoms with van der Waals surface area (Å²) in [7, 11) is 0. The average molecular weight is 280 g/mol. The number of nitrogens with one attached hydrogen (secondary N) is 2. The standard InChI is InChI=1S/C19H24N2/c1-2-6-16(7-3-1)14-18-8-4-5-9-19(18)21-13-12-20-15-17-10-11-17/h1-9,17,20-21H,10-15H2. The monoisotopic (exact) mass is 280 g/mol. The van der Waals surface area contributed by atoms with Crippen LogP contribution >= 0.6 is 0 Å². The van der Waals surface area contributed by atoms with Crippen molar-refractivity contribution in [2.75, 3.05) is 25.0 Å². The van der Waals surface area contributed by atoms with E-state index in [2.05, 4.69) is 65.2 Å². The van der Waals surface area contributed by atoms with E-state index in [9.17, 15) is 0 Å². The van der Waals surface area contributed by atoms with E-state index in [-0.39, 0.29) is 0 Å². The summed E-state index contributed by atoms with van der Waals surface area (Å²) in [4.78, 5) is 0. The van der Waals surface area contributed by atoms with Crippen molar-refractivity contribution < 1.29 is 0 Å². The number of para-hydroxylation sites is 1. The normalized spacial score (nSPS) is 14.1. The van der Waals surface area contributed by atoms with Crippen LogP contribution in [0.3, 0.4) is 0 Å². The predicted molar refractivity (Wildman–Crippen MR) is 89.8 cm³/mol. The first-order chi connectivity index (χ1) is 10.4. The molecule has 0 bridgehead atoms. The lowest BCUT2D eigenvalue weighted by Crippen LogP contribution is -2.24. The highest BCUT2D eigenvalue weighted by atomic mass is 14.9. The van der Waals surface area contributed by atoms with Crippen LogP contribution in [-0.4, -0.2) is 19.6 Å². The first-order valence-corrected chi connectivity index (χ1v) is 7.98. The van der Waals surface area contributed by atoms with Crippen LogP contribution in [0.5, 0.6) is 0 Å². The van der Waals surface area contributed by atoms with Crippen molar-refractivity contribution in [1.29, 1.82) is 0 Å². The Kier molecular flexibility index (Phi) is 4.90. The molecular weight excluding hydrogens is 256 g/mol. The van der Waals surface area contributed by atoms with E-state index in [1.54, 1.807) is 0 Å². The van der Waals surface area contributed by atoms with Gasteiger partial charge in [0.1, 0.15) is 0 Å². The quantitative estimate of drug-likeness (QED) is 0.721. The Balaban J connectivity index is 1.51. The Hall–Kier alpha value is -1.80. The number of anilines is 1. The summed E-state index contributed by atoms with van der Waals surface area (Å²) in [5.41, 5.74) is 3.99. The molecule has 2 N–H and O–H groups in total. The summed E-state index contributed by atoms with van der Waals surface area (Å²) in [6, 6.07) is 19.3. The molecule has 0 aliphatic heterocycles. The SMILES string of the molecule is c1ccc(Cc2ccccc2NCCNCC2CC2)cc1. The summed E-state index contributed by atoms with van der Waals surface area (Å²) in [5.74, 6) is 0.954. The lowest BCUT2D eigenvalue weighted by Gasteiger charge is -2.12. The van der Waals surface area contributed by atoms with Gasteiger partial charge in [-0.1, -0.05) is 48.5 Å². The highest BCUT2D eigenvalue weighted by Crippen LogP contribution is 2.27. The molecule has 2 aromatic rings. The second-order valence-electron chi connectivity index (χ2n) is 5.89. The summed E-state index contributed by atoms with van der Waals surface area (Å²) in [6.45, 7) is 3.21. The number of hydrogen-bond acceptors (Lipinski definition) is 2. The van der Waals surface area contributed by atoms with Crippen molar-refractivity contribution in [3.05, 3.63) is 65.7 Å². The van der Waals surface area contributed by atoms with E-state index in [4.69, 9.17) is 0 Å². The maximum atomic E-state index is 3.57. The molecule has 0 spiro atoms. The Morgan fingerprint density at radius 2 is 1.62 bits per heavy atom. The molecule has 2 heteroatoms. The fourth-order valence-electron chi connectivity index (χ4n) is 2.58. The van der Waals surface area contributed by atoms with Gasteiger partial charge in [-0.25, -0.2) is 0 Å². The van der Waals surface area contributed by atoms with Crippen molar-refractivity contribution in [1.82, 2.24) is 5.32 Å². The largest absolute Gasteiger partial charge is 0.384 e. The third kappa shape index (κ3) is 4.61. The van der Waals surface area contributed by atoms with E-state index in [0.29, 0.717) is 0 Å². The predicted octanol–water partition coefficient (Wildman–Crippen LogP) is 3.69. The lowest BCUT2D eigenvalue weighted by molar-refractivity contribution is 0.650. The smallest absolute Gasteiger partial charge is 0.0376 e. The van der Waals surface area contributed by atoms with Gasteiger partial charge in [0, 0.05) is 18.8 Å². The summed E-state index contributed by atoms with van der Waals surface area (Å²) < 4.78 is 0. The summed E-state index contributed by atoms with van der Waals surface area (Å²) in [6.07, 6.45) is 3.82. The first kappa shape index (κ1) is 14.2. The molecule has 0 saturated heterocycles. The topological polar surface area (TPSA) is 24.1 Å². The Bertz CT molecular complexity index is 547. The molecule has 1 saturated carbocycles. The first-order valence-electron chi connectivity index (χ1n) is 7.98. The molecular formula is C19H24N2. The zero-order chi connectivity index (χ0) is 14.3. The van der Waals surface area contributed by atoms with Crippen molar-refractivity contribution in [2.24, 2.45) is 5.92 Å². The van der Waals surface area contributed by atoms with Crippen molar-refractivity contribution in [3.63, 3.8) is 0 Å². The van der Waals surface area contributed by atoms with Gasteiger partial charge in [0.25, 0.3) is 0 Å². The summed E-state index contributed by atoms with van der Waals surface area (Å²) >= 11 is 0. The molecule has 0 aromatic heterocycles. The molecule has 2 nitrogen and oxygen atoms in total. The second kappa shape index (κ2) is 7.28. The highest BCUT2D eigenvalue weighted by molar-refractivity contribution is 5.52. The van der Waals surface area contributed by atoms with Crippen LogP contribution < -0.4 is 10.6 Å². The molecule has 1 aliphatic rings. The van der Waals surface area contributed by atoms with Crippen LogP contribution in [0.4, 0.5) is 5.69 Å². The number of benzene rings is 2. The Labute approximate surface area is 127 Å². The summed E-state index contributed by atoms with van der Waals surface area (Å²) in [5, 5.41) is 7.09. The molecule has 21 heavy (non-hydrogen) atoms. The Morgan fingerprint density at radius 3 is 2.43 bits per heavy atom. The van der Waals surface area contributed by atoms with Gasteiger partial charge < -0.3 is 10.6 Å². The van der Waals surface area contributed by atoms with Crippen LogP contribution in [0.1, 0.15) is 24.0 Å². The molecule has 110 valence electrons. The van der Waals surface area contributed by atoms with Crippen LogP contribution in [0.2, 0.25) is 0 Å². The van der Waals surface area contributed by atoms with Gasteiger partial charge in [0.05, 0.1) is 0 Å². The van der Waals surface area contributed by atoms with Gasteiger partial charge in [0.2, 0.25) is 0 Å². The minimum absolute atomic E-state index is 0.954. The van der Waals surface area contributed by atoms with E-state index in [1.807, 2.05) is 0 Å². The average Bonchev–Trinajstić information content (AvgIpc) is 3.34. The van der Waals surface area contributed by atoms with Crippen LogP contribution in [0, 0.1) is 5.92 Å². The van der Waals surface area contributed by atoms with Gasteiger partial charge in [-0.2, -0.15) is 0 Å². The minimum Gasteiger partial charge on any atom is -0.384 e. The molecule has 0 amide bonds. The van der Waals surface area contributed by atoms with Crippen LogP contribution in [0.25, 0.3) is 0 Å². The maximum Gasteiger partial charge on any atom is 0.0376 e. The Morgan fingerprint density at radius 1 is 0.857 bits per heavy atom. The van der Waals surface area contributed by atoms with Gasteiger partial charge in [0.15, 0.2) is 0 Å². The molecule has 0 heterocycles. The molecule has 0 radical (unpaired) electrons. The van der Waals surface area contributed by atoms with Crippen molar-refractivity contribution in [3.8, 4) is 0 Å². The second-order valence-corrected chi connectivity index (χ2v) is 5.89. The molecule has 0 unspecified atom stereocenters. The lowest BCUT2D eigenvalue weighted by atomic mass is 10.0. The third-order valence-electron chi connectivity index (χ3n) is 4.00. The highest BCUT2D eigenvalue weighted by Gasteiger charge is 2.19. The maximum absolute atomic E-state index is 3.57. The van der Waals surface area contributed by atoms with Crippen LogP contribution in [-0.2, 0) is 6.42 Å². The molecule has 0 atom stereocenters. The molecule has 1 aliphatic carbocycles. The van der Waals surface area contributed by atoms with Crippen LogP contribution in [0.15, 0.2) is 54.6 Å². The van der Waals surface area contributed by atoms with Crippen molar-refractivity contribution >= 4 is 5.69 Å². The fraction of sp³-hybridized carbons (Fsp3) is 0.368. The van der Waals surface area contributed by atoms with E-state index < -0.39 is 0 Å². The zero-order valence-corrected chi connectivity index (χ0v) is 12.5. The molecule has 3 rings (SSSR count). The van der Waals surface area contributed by atoms with E-state index in [1.165, 1.54) is 36.2 Å². The van der Waals surface area contributed by atoms with Gasteiger partial charge in [-0.05, 0) is 48.9 Å². The van der Waals surface area contributed by atoms with Gasteiger partial charge in [-0.3, -0.25) is 0 Å².